The second-order valence-corrected chi connectivity index (χ2v) is 5.06. The van der Waals surface area contributed by atoms with Crippen molar-refractivity contribution in [1.82, 2.24) is 4.98 Å². The maximum Gasteiger partial charge on any atom is 0.339 e. The number of carboxylic acids is 1. The minimum absolute atomic E-state index is 0.111. The molecule has 3 N–H and O–H groups in total. The number of nitrogens with one attached hydrogen (secondary N) is 1. The van der Waals surface area contributed by atoms with Gasteiger partial charge in [-0.15, -0.1) is 0 Å². The Morgan fingerprint density at radius 1 is 1.44 bits per heavy atom. The van der Waals surface area contributed by atoms with Gasteiger partial charge in [0.25, 0.3) is 0 Å². The van der Waals surface area contributed by atoms with E-state index in [1.807, 2.05) is 0 Å². The average Bonchev–Trinajstić information content (AvgIpc) is 2.33. The Kier molecular flexibility index (Phi) is 6.85. The fourth-order valence-corrected chi connectivity index (χ4v) is 2.18. The SMILES string of the molecule is O=C(O)c1ccc(Cl)nc1NCCSCCCO. The predicted molar refractivity (Wildman–Crippen MR) is 73.7 cm³/mol. The van der Waals surface area contributed by atoms with Crippen LogP contribution in [0.25, 0.3) is 0 Å². The summed E-state index contributed by atoms with van der Waals surface area (Å²) in [4.78, 5) is 14.9. The zero-order valence-corrected chi connectivity index (χ0v) is 11.3. The van der Waals surface area contributed by atoms with Gasteiger partial charge in [0.05, 0.1) is 0 Å². The first-order chi connectivity index (χ1) is 8.65. The molecule has 0 aliphatic carbocycles. The first-order valence-corrected chi connectivity index (χ1v) is 7.00. The van der Waals surface area contributed by atoms with Crippen molar-refractivity contribution in [2.24, 2.45) is 0 Å². The van der Waals surface area contributed by atoms with E-state index in [1.54, 1.807) is 11.8 Å². The van der Waals surface area contributed by atoms with E-state index in [0.29, 0.717) is 6.54 Å². The number of pyridine rings is 1. The molecule has 0 amide bonds. The van der Waals surface area contributed by atoms with Gasteiger partial charge in [0.2, 0.25) is 0 Å². The van der Waals surface area contributed by atoms with Crippen LogP contribution in [0.4, 0.5) is 5.82 Å². The molecule has 0 atom stereocenters. The van der Waals surface area contributed by atoms with Gasteiger partial charge in [-0.05, 0) is 24.3 Å². The van der Waals surface area contributed by atoms with E-state index in [2.05, 4.69) is 10.3 Å². The van der Waals surface area contributed by atoms with Crippen molar-refractivity contribution in [3.05, 3.63) is 22.8 Å². The van der Waals surface area contributed by atoms with E-state index in [0.717, 1.165) is 17.9 Å². The van der Waals surface area contributed by atoms with Gasteiger partial charge in [-0.2, -0.15) is 11.8 Å². The van der Waals surface area contributed by atoms with Crippen LogP contribution in [0.2, 0.25) is 5.15 Å². The molecule has 0 saturated carbocycles. The average molecular weight is 291 g/mol. The van der Waals surface area contributed by atoms with E-state index in [9.17, 15) is 4.79 Å². The summed E-state index contributed by atoms with van der Waals surface area (Å²) >= 11 is 7.41. The molecular formula is C11H15ClN2O3S. The molecule has 0 bridgehead atoms. The maximum atomic E-state index is 11.0. The number of rotatable bonds is 8. The lowest BCUT2D eigenvalue weighted by atomic mass is 10.2. The van der Waals surface area contributed by atoms with Gasteiger partial charge in [0.1, 0.15) is 16.5 Å². The Morgan fingerprint density at radius 3 is 2.89 bits per heavy atom. The molecule has 0 aliphatic heterocycles. The monoisotopic (exact) mass is 290 g/mol. The van der Waals surface area contributed by atoms with Crippen LogP contribution >= 0.6 is 23.4 Å². The van der Waals surface area contributed by atoms with Crippen LogP contribution in [0.5, 0.6) is 0 Å². The third-order valence-electron chi connectivity index (χ3n) is 2.08. The normalized spacial score (nSPS) is 10.3. The number of aliphatic hydroxyl groups excluding tert-OH is 1. The lowest BCUT2D eigenvalue weighted by molar-refractivity contribution is 0.0697. The summed E-state index contributed by atoms with van der Waals surface area (Å²) in [5, 5.41) is 20.8. The molecule has 1 rings (SSSR count). The minimum atomic E-state index is -1.03. The van der Waals surface area contributed by atoms with Crippen molar-refractivity contribution in [2.45, 2.75) is 6.42 Å². The number of hydrogen-bond donors (Lipinski definition) is 3. The zero-order valence-electron chi connectivity index (χ0n) is 9.73. The van der Waals surface area contributed by atoms with Crippen LogP contribution in [0.1, 0.15) is 16.8 Å². The summed E-state index contributed by atoms with van der Waals surface area (Å²) in [6, 6.07) is 2.88. The quantitative estimate of drug-likeness (QED) is 0.501. The van der Waals surface area contributed by atoms with Crippen LogP contribution in [0.3, 0.4) is 0 Å². The smallest absolute Gasteiger partial charge is 0.339 e. The molecule has 0 radical (unpaired) electrons. The summed E-state index contributed by atoms with van der Waals surface area (Å²) in [5.41, 5.74) is 0.111. The van der Waals surface area contributed by atoms with Gasteiger partial charge in [-0.3, -0.25) is 0 Å². The molecule has 0 unspecified atom stereocenters. The van der Waals surface area contributed by atoms with Crippen molar-refractivity contribution >= 4 is 35.1 Å². The molecule has 0 aromatic carbocycles. The van der Waals surface area contributed by atoms with Gasteiger partial charge >= 0.3 is 5.97 Å². The highest BCUT2D eigenvalue weighted by molar-refractivity contribution is 7.99. The molecule has 0 spiro atoms. The van der Waals surface area contributed by atoms with Gasteiger partial charge in [-0.1, -0.05) is 11.6 Å². The van der Waals surface area contributed by atoms with E-state index in [4.69, 9.17) is 21.8 Å². The number of carbonyl (C=O) groups is 1. The predicted octanol–water partition coefficient (Wildman–Crippen LogP) is 1.96. The van der Waals surface area contributed by atoms with E-state index >= 15 is 0 Å². The molecule has 1 aromatic rings. The van der Waals surface area contributed by atoms with E-state index < -0.39 is 5.97 Å². The Hall–Kier alpha value is -0.980. The van der Waals surface area contributed by atoms with Crippen molar-refractivity contribution in [2.75, 3.05) is 30.0 Å². The number of aliphatic hydroxyl groups is 1. The highest BCUT2D eigenvalue weighted by Crippen LogP contribution is 2.16. The van der Waals surface area contributed by atoms with Crippen molar-refractivity contribution in [1.29, 1.82) is 0 Å². The number of aromatic nitrogens is 1. The van der Waals surface area contributed by atoms with Crippen LogP contribution in [0.15, 0.2) is 12.1 Å². The molecule has 0 fully saturated rings. The Bertz CT molecular complexity index is 404. The fourth-order valence-electron chi connectivity index (χ4n) is 1.25. The first kappa shape index (κ1) is 15.1. The van der Waals surface area contributed by atoms with Crippen molar-refractivity contribution < 1.29 is 15.0 Å². The van der Waals surface area contributed by atoms with Crippen LogP contribution in [-0.2, 0) is 0 Å². The van der Waals surface area contributed by atoms with Crippen LogP contribution in [-0.4, -0.2) is 45.8 Å². The maximum absolute atomic E-state index is 11.0. The molecule has 1 aromatic heterocycles. The van der Waals surface area contributed by atoms with Gasteiger partial charge < -0.3 is 15.5 Å². The Morgan fingerprint density at radius 2 is 2.22 bits per heavy atom. The third kappa shape index (κ3) is 5.12. The van der Waals surface area contributed by atoms with Gasteiger partial charge in [-0.25, -0.2) is 9.78 Å². The van der Waals surface area contributed by atoms with Gasteiger partial charge in [0, 0.05) is 18.9 Å². The molecule has 5 nitrogen and oxygen atoms in total. The van der Waals surface area contributed by atoms with Crippen LogP contribution < -0.4 is 5.32 Å². The zero-order chi connectivity index (χ0) is 13.4. The summed E-state index contributed by atoms with van der Waals surface area (Å²) in [7, 11) is 0. The summed E-state index contributed by atoms with van der Waals surface area (Å²) in [6.45, 7) is 0.795. The lowest BCUT2D eigenvalue weighted by Crippen LogP contribution is -2.11. The number of halogens is 1. The lowest BCUT2D eigenvalue weighted by Gasteiger charge is -2.08. The number of aromatic carboxylic acids is 1. The topological polar surface area (TPSA) is 82.5 Å². The third-order valence-corrected chi connectivity index (χ3v) is 3.36. The number of carboxylic acid groups (broad SMARTS) is 1. The minimum Gasteiger partial charge on any atom is -0.478 e. The molecule has 18 heavy (non-hydrogen) atoms. The summed E-state index contributed by atoms with van der Waals surface area (Å²) in [6.07, 6.45) is 0.764. The number of hydrogen-bond acceptors (Lipinski definition) is 5. The van der Waals surface area contributed by atoms with E-state index in [1.165, 1.54) is 12.1 Å². The number of anilines is 1. The standard InChI is InChI=1S/C11H15ClN2O3S/c12-9-3-2-8(11(16)17)10(14-9)13-4-7-18-6-1-5-15/h2-3,15H,1,4-7H2,(H,13,14)(H,16,17). The number of thioether (sulfide) groups is 1. The Balaban J connectivity index is 2.45. The molecule has 0 aliphatic rings. The summed E-state index contributed by atoms with van der Waals surface area (Å²) in [5.74, 6) is 0.951. The largest absolute Gasteiger partial charge is 0.478 e. The number of nitrogens with zero attached hydrogens (tertiary/aromatic N) is 1. The van der Waals surface area contributed by atoms with Crippen LogP contribution in [0, 0.1) is 0 Å². The van der Waals surface area contributed by atoms with Crippen molar-refractivity contribution in [3.63, 3.8) is 0 Å². The molecule has 1 heterocycles. The highest BCUT2D eigenvalue weighted by atomic mass is 35.5. The second-order valence-electron chi connectivity index (χ2n) is 3.45. The fraction of sp³-hybridized carbons (Fsp3) is 0.455. The summed E-state index contributed by atoms with van der Waals surface area (Å²) < 4.78 is 0. The van der Waals surface area contributed by atoms with E-state index in [-0.39, 0.29) is 23.1 Å². The molecule has 7 heteroatoms. The van der Waals surface area contributed by atoms with Gasteiger partial charge in [0.15, 0.2) is 0 Å². The highest BCUT2D eigenvalue weighted by Gasteiger charge is 2.11. The van der Waals surface area contributed by atoms with Crippen molar-refractivity contribution in [3.8, 4) is 0 Å². The Labute approximate surface area is 115 Å². The second kappa shape index (κ2) is 8.18. The molecule has 100 valence electrons. The molecular weight excluding hydrogens is 276 g/mol. The molecule has 0 saturated heterocycles. The first-order valence-electron chi connectivity index (χ1n) is 5.47.